The molecule has 0 spiro atoms. The minimum absolute atomic E-state index is 0.495. The molecule has 7 heteroatoms. The van der Waals surface area contributed by atoms with E-state index >= 15 is 0 Å². The van der Waals surface area contributed by atoms with Crippen molar-refractivity contribution in [2.75, 3.05) is 5.43 Å². The summed E-state index contributed by atoms with van der Waals surface area (Å²) in [6.07, 6.45) is 3.77. The van der Waals surface area contributed by atoms with Crippen molar-refractivity contribution in [2.24, 2.45) is 5.10 Å². The summed E-state index contributed by atoms with van der Waals surface area (Å²) in [4.78, 5) is 13.1. The maximum absolute atomic E-state index is 4.52. The van der Waals surface area contributed by atoms with E-state index in [9.17, 15) is 0 Å². The van der Waals surface area contributed by atoms with Gasteiger partial charge >= 0.3 is 0 Å². The Balaban J connectivity index is 1.89. The summed E-state index contributed by atoms with van der Waals surface area (Å²) in [5.41, 5.74) is 7.46. The molecule has 3 aromatic heterocycles. The van der Waals surface area contributed by atoms with E-state index < -0.39 is 0 Å². The highest BCUT2D eigenvalue weighted by Crippen LogP contribution is 2.13. The van der Waals surface area contributed by atoms with E-state index in [1.807, 2.05) is 49.6 Å². The van der Waals surface area contributed by atoms with Gasteiger partial charge in [0.1, 0.15) is 5.65 Å². The number of nitrogens with one attached hydrogen (secondary N) is 1. The van der Waals surface area contributed by atoms with Gasteiger partial charge in [0.25, 0.3) is 0 Å². The fourth-order valence-corrected chi connectivity index (χ4v) is 2.70. The van der Waals surface area contributed by atoms with Gasteiger partial charge in [-0.1, -0.05) is 0 Å². The van der Waals surface area contributed by atoms with Gasteiger partial charge in [0.05, 0.1) is 17.6 Å². The summed E-state index contributed by atoms with van der Waals surface area (Å²) in [5.74, 6) is 0.495. The second-order valence-corrected chi connectivity index (χ2v) is 6.25. The molecule has 3 aromatic rings. The lowest BCUT2D eigenvalue weighted by Crippen LogP contribution is -2.01. The molecule has 0 aliphatic carbocycles. The molecule has 22 heavy (non-hydrogen) atoms. The Morgan fingerprint density at radius 2 is 1.86 bits per heavy atom. The van der Waals surface area contributed by atoms with Gasteiger partial charge in [0, 0.05) is 21.2 Å². The topological polar surface area (TPSA) is 67.5 Å². The van der Waals surface area contributed by atoms with Crippen LogP contribution in [0.2, 0.25) is 0 Å². The van der Waals surface area contributed by atoms with E-state index in [1.165, 1.54) is 0 Å². The van der Waals surface area contributed by atoms with Crippen LogP contribution in [0.1, 0.15) is 22.8 Å². The van der Waals surface area contributed by atoms with Gasteiger partial charge in [-0.05, 0) is 61.6 Å². The van der Waals surface area contributed by atoms with Crippen LogP contribution in [0.25, 0.3) is 5.65 Å². The fourth-order valence-electron chi connectivity index (χ4n) is 2.24. The van der Waals surface area contributed by atoms with Crippen LogP contribution in [-0.2, 0) is 0 Å². The number of hydrazone groups is 1. The van der Waals surface area contributed by atoms with Gasteiger partial charge in [0.15, 0.2) is 0 Å². The third-order valence-electron chi connectivity index (χ3n) is 3.14. The standard InChI is InChI=1S/C15H15IN6/c1-9-6-10(2)19-15(18-9)21-17-7-13-11(3)20-14-5-4-12(16)8-22(13)14/h4-8H,1-3H3,(H,18,19,21)/b17-7-. The first-order chi connectivity index (χ1) is 10.5. The van der Waals surface area contributed by atoms with E-state index in [0.29, 0.717) is 5.95 Å². The lowest BCUT2D eigenvalue weighted by atomic mass is 10.3. The van der Waals surface area contributed by atoms with E-state index in [2.05, 4.69) is 48.1 Å². The molecule has 0 unspecified atom stereocenters. The average molecular weight is 406 g/mol. The van der Waals surface area contributed by atoms with E-state index in [0.717, 1.165) is 32.0 Å². The Hall–Kier alpha value is -2.03. The van der Waals surface area contributed by atoms with Crippen LogP contribution in [0, 0.1) is 24.3 Å². The number of aromatic nitrogens is 4. The summed E-state index contributed by atoms with van der Waals surface area (Å²) in [7, 11) is 0. The molecule has 0 atom stereocenters. The largest absolute Gasteiger partial charge is 0.297 e. The second kappa shape index (κ2) is 5.99. The van der Waals surface area contributed by atoms with Crippen molar-refractivity contribution >= 4 is 40.4 Å². The molecule has 0 saturated carbocycles. The number of imidazole rings is 1. The molecule has 6 nitrogen and oxygen atoms in total. The molecular weight excluding hydrogens is 391 g/mol. The molecule has 0 radical (unpaired) electrons. The zero-order valence-corrected chi connectivity index (χ0v) is 14.7. The third-order valence-corrected chi connectivity index (χ3v) is 3.78. The first kappa shape index (κ1) is 14.9. The molecule has 0 aliphatic rings. The lowest BCUT2D eigenvalue weighted by molar-refractivity contribution is 1.03. The predicted octanol–water partition coefficient (Wildman–Crippen LogP) is 3.10. The molecule has 0 saturated heterocycles. The summed E-state index contributed by atoms with van der Waals surface area (Å²) >= 11 is 2.28. The molecule has 0 aliphatic heterocycles. The Kier molecular flexibility index (Phi) is 4.06. The van der Waals surface area contributed by atoms with Crippen molar-refractivity contribution in [3.05, 3.63) is 50.7 Å². The SMILES string of the molecule is Cc1cc(C)nc(N/N=C\c2c(C)nc3ccc(I)cn23)n1. The van der Waals surface area contributed by atoms with E-state index in [1.54, 1.807) is 6.21 Å². The number of fused-ring (bicyclic) bond motifs is 1. The highest BCUT2D eigenvalue weighted by atomic mass is 127. The van der Waals surface area contributed by atoms with Crippen LogP contribution in [0.15, 0.2) is 29.5 Å². The zero-order valence-electron chi connectivity index (χ0n) is 12.5. The molecule has 0 bridgehead atoms. The van der Waals surface area contributed by atoms with Crippen molar-refractivity contribution in [3.63, 3.8) is 0 Å². The highest BCUT2D eigenvalue weighted by molar-refractivity contribution is 14.1. The minimum atomic E-state index is 0.495. The zero-order chi connectivity index (χ0) is 15.7. The first-order valence-electron chi connectivity index (χ1n) is 6.78. The van der Waals surface area contributed by atoms with Crippen molar-refractivity contribution < 1.29 is 0 Å². The number of halogens is 1. The van der Waals surface area contributed by atoms with Crippen molar-refractivity contribution in [2.45, 2.75) is 20.8 Å². The van der Waals surface area contributed by atoms with Gasteiger partial charge < -0.3 is 0 Å². The Labute approximate surface area is 141 Å². The van der Waals surface area contributed by atoms with Crippen molar-refractivity contribution in [1.29, 1.82) is 0 Å². The summed E-state index contributed by atoms with van der Waals surface area (Å²) < 4.78 is 3.16. The normalized spacial score (nSPS) is 11.5. The van der Waals surface area contributed by atoms with Crippen LogP contribution in [0.4, 0.5) is 5.95 Å². The van der Waals surface area contributed by atoms with Crippen LogP contribution < -0.4 is 5.43 Å². The molecule has 3 rings (SSSR count). The highest BCUT2D eigenvalue weighted by Gasteiger charge is 2.06. The first-order valence-corrected chi connectivity index (χ1v) is 7.86. The summed E-state index contributed by atoms with van der Waals surface area (Å²) in [6, 6.07) is 5.95. The van der Waals surface area contributed by atoms with Gasteiger partial charge in [-0.25, -0.2) is 20.4 Å². The molecule has 3 heterocycles. The smallest absolute Gasteiger partial charge is 0.243 e. The molecule has 112 valence electrons. The Morgan fingerprint density at radius 1 is 1.14 bits per heavy atom. The summed E-state index contributed by atoms with van der Waals surface area (Å²) in [6.45, 7) is 5.83. The van der Waals surface area contributed by atoms with Crippen LogP contribution in [0.5, 0.6) is 0 Å². The maximum atomic E-state index is 4.52. The van der Waals surface area contributed by atoms with Gasteiger partial charge in [0.2, 0.25) is 5.95 Å². The number of hydrogen-bond donors (Lipinski definition) is 1. The number of nitrogens with zero attached hydrogens (tertiary/aromatic N) is 5. The molecule has 0 fully saturated rings. The second-order valence-electron chi connectivity index (χ2n) is 5.00. The number of pyridine rings is 1. The van der Waals surface area contributed by atoms with Gasteiger partial charge in [-0.3, -0.25) is 4.40 Å². The van der Waals surface area contributed by atoms with Crippen LogP contribution in [0.3, 0.4) is 0 Å². The Bertz CT molecular complexity index is 848. The number of rotatable bonds is 3. The quantitative estimate of drug-likeness (QED) is 0.413. The van der Waals surface area contributed by atoms with E-state index in [-0.39, 0.29) is 0 Å². The molecule has 0 amide bonds. The number of anilines is 1. The molecular formula is C15H15IN6. The van der Waals surface area contributed by atoms with Crippen LogP contribution >= 0.6 is 22.6 Å². The number of hydrogen-bond acceptors (Lipinski definition) is 5. The summed E-state index contributed by atoms with van der Waals surface area (Å²) in [5, 5.41) is 4.24. The Morgan fingerprint density at radius 3 is 2.59 bits per heavy atom. The molecule has 1 N–H and O–H groups in total. The van der Waals surface area contributed by atoms with Crippen molar-refractivity contribution in [3.8, 4) is 0 Å². The minimum Gasteiger partial charge on any atom is -0.297 e. The lowest BCUT2D eigenvalue weighted by Gasteiger charge is -2.02. The van der Waals surface area contributed by atoms with Crippen LogP contribution in [-0.4, -0.2) is 25.6 Å². The average Bonchev–Trinajstić information content (AvgIpc) is 2.74. The maximum Gasteiger partial charge on any atom is 0.243 e. The van der Waals surface area contributed by atoms with Gasteiger partial charge in [-0.2, -0.15) is 5.10 Å². The monoisotopic (exact) mass is 406 g/mol. The van der Waals surface area contributed by atoms with Crippen molar-refractivity contribution in [1.82, 2.24) is 19.4 Å². The van der Waals surface area contributed by atoms with E-state index in [4.69, 9.17) is 0 Å². The molecule has 0 aromatic carbocycles. The third kappa shape index (κ3) is 3.08. The fraction of sp³-hybridized carbons (Fsp3) is 0.200. The number of aryl methyl sites for hydroxylation is 3. The predicted molar refractivity (Wildman–Crippen MR) is 95.4 cm³/mol. The van der Waals surface area contributed by atoms with Gasteiger partial charge in [-0.15, -0.1) is 0 Å².